The number of benzene rings is 1. The van der Waals surface area contributed by atoms with Gasteiger partial charge in [0.15, 0.2) is 0 Å². The molecule has 0 unspecified atom stereocenters. The number of nitrogens with zero attached hydrogens (tertiary/aromatic N) is 3. The van der Waals surface area contributed by atoms with Crippen LogP contribution >= 0.6 is 12.6 Å². The maximum absolute atomic E-state index is 11.8. The van der Waals surface area contributed by atoms with Crippen LogP contribution in [0.3, 0.4) is 0 Å². The molecule has 0 aliphatic carbocycles. The molecule has 0 aromatic heterocycles. The van der Waals surface area contributed by atoms with Crippen LogP contribution in [0.15, 0.2) is 66.5 Å². The van der Waals surface area contributed by atoms with Crippen molar-refractivity contribution in [3.05, 3.63) is 72.1 Å². The Morgan fingerprint density at radius 1 is 1.11 bits per heavy atom. The molecule has 0 saturated heterocycles. The van der Waals surface area contributed by atoms with E-state index >= 15 is 0 Å². The van der Waals surface area contributed by atoms with Gasteiger partial charge >= 0.3 is 0 Å². The zero-order chi connectivity index (χ0) is 20.4. The van der Waals surface area contributed by atoms with Gasteiger partial charge in [-0.15, -0.1) is 0 Å². The van der Waals surface area contributed by atoms with Crippen LogP contribution in [-0.2, 0) is 4.79 Å². The molecular weight excluding hydrogens is 366 g/mol. The second-order valence-corrected chi connectivity index (χ2v) is 7.43. The van der Waals surface area contributed by atoms with E-state index in [1.165, 1.54) is 16.8 Å². The second kappa shape index (κ2) is 11.4. The molecule has 0 spiro atoms. The SMILES string of the molecule is CN1C=CC=C(/C=C/c2ccc(N(C)CCCN(C)C(=O)CCS)cc2)C=C1. The number of amides is 1. The first-order valence-electron chi connectivity index (χ1n) is 9.62. The third-order valence-electron chi connectivity index (χ3n) is 4.65. The minimum Gasteiger partial charge on any atom is -0.375 e. The highest BCUT2D eigenvalue weighted by Crippen LogP contribution is 2.16. The molecule has 1 amide bonds. The molecule has 0 bridgehead atoms. The van der Waals surface area contributed by atoms with Gasteiger partial charge in [-0.05, 0) is 47.6 Å². The van der Waals surface area contributed by atoms with Crippen LogP contribution in [-0.4, -0.2) is 55.7 Å². The lowest BCUT2D eigenvalue weighted by atomic mass is 10.1. The van der Waals surface area contributed by atoms with Crippen molar-refractivity contribution in [2.45, 2.75) is 12.8 Å². The van der Waals surface area contributed by atoms with Crippen LogP contribution in [0.5, 0.6) is 0 Å². The highest BCUT2D eigenvalue weighted by Gasteiger charge is 2.08. The van der Waals surface area contributed by atoms with Crippen molar-refractivity contribution in [2.24, 2.45) is 0 Å². The van der Waals surface area contributed by atoms with Crippen molar-refractivity contribution < 1.29 is 4.79 Å². The molecule has 28 heavy (non-hydrogen) atoms. The summed E-state index contributed by atoms with van der Waals surface area (Å²) in [6, 6.07) is 8.54. The standard InChI is InChI=1S/C23H31N3OS/c1-24-15-4-6-20(13-18-24)7-8-21-9-11-22(12-10-21)25(2)16-5-17-26(3)23(27)14-19-28/h4,6-13,15,18,28H,5,14,16-17,19H2,1-3H3/b8-7+. The fraction of sp³-hybridized carbons (Fsp3) is 0.348. The molecular formula is C23H31N3OS. The van der Waals surface area contributed by atoms with Gasteiger partial charge in [-0.1, -0.05) is 30.4 Å². The lowest BCUT2D eigenvalue weighted by Gasteiger charge is -2.22. The summed E-state index contributed by atoms with van der Waals surface area (Å²) in [5.41, 5.74) is 3.52. The van der Waals surface area contributed by atoms with Crippen LogP contribution in [0, 0.1) is 0 Å². The van der Waals surface area contributed by atoms with E-state index < -0.39 is 0 Å². The Hall–Kier alpha value is -2.40. The first-order chi connectivity index (χ1) is 13.5. The molecule has 1 aliphatic rings. The van der Waals surface area contributed by atoms with Crippen LogP contribution < -0.4 is 4.90 Å². The first kappa shape index (κ1) is 21.9. The number of hydrogen-bond acceptors (Lipinski definition) is 4. The van der Waals surface area contributed by atoms with Gasteiger partial charge in [0.2, 0.25) is 5.91 Å². The van der Waals surface area contributed by atoms with Gasteiger partial charge in [0.1, 0.15) is 0 Å². The monoisotopic (exact) mass is 397 g/mol. The van der Waals surface area contributed by atoms with E-state index in [2.05, 4.69) is 73.1 Å². The molecule has 0 fully saturated rings. The molecule has 0 saturated carbocycles. The average Bonchev–Trinajstić information content (AvgIpc) is 2.91. The van der Waals surface area contributed by atoms with Gasteiger partial charge in [-0.25, -0.2) is 0 Å². The number of hydrogen-bond donors (Lipinski definition) is 1. The van der Waals surface area contributed by atoms with Gasteiger partial charge in [-0.2, -0.15) is 12.6 Å². The molecule has 2 rings (SSSR count). The normalized spacial score (nSPS) is 13.6. The Balaban J connectivity index is 1.83. The Labute approximate surface area is 174 Å². The summed E-state index contributed by atoms with van der Waals surface area (Å²) in [4.78, 5) is 17.8. The summed E-state index contributed by atoms with van der Waals surface area (Å²) in [6.45, 7) is 1.68. The predicted molar refractivity (Wildman–Crippen MR) is 124 cm³/mol. The summed E-state index contributed by atoms with van der Waals surface area (Å²) in [7, 11) is 5.96. The van der Waals surface area contributed by atoms with E-state index in [0.717, 1.165) is 19.5 Å². The summed E-state index contributed by atoms with van der Waals surface area (Å²) in [5.74, 6) is 0.764. The fourth-order valence-corrected chi connectivity index (χ4v) is 3.02. The highest BCUT2D eigenvalue weighted by molar-refractivity contribution is 7.80. The van der Waals surface area contributed by atoms with Gasteiger partial charge in [0.05, 0.1) is 0 Å². The number of allylic oxidation sites excluding steroid dienone is 5. The van der Waals surface area contributed by atoms with Crippen LogP contribution in [0.4, 0.5) is 5.69 Å². The minimum absolute atomic E-state index is 0.162. The van der Waals surface area contributed by atoms with E-state index in [-0.39, 0.29) is 5.91 Å². The molecule has 0 atom stereocenters. The summed E-state index contributed by atoms with van der Waals surface area (Å²) >= 11 is 4.12. The topological polar surface area (TPSA) is 26.8 Å². The number of anilines is 1. The summed E-state index contributed by atoms with van der Waals surface area (Å²) in [6.07, 6.45) is 16.0. The van der Waals surface area contributed by atoms with E-state index in [1.54, 1.807) is 4.90 Å². The summed E-state index contributed by atoms with van der Waals surface area (Å²) in [5, 5.41) is 0. The Morgan fingerprint density at radius 2 is 1.86 bits per heavy atom. The molecule has 0 radical (unpaired) electrons. The van der Waals surface area contributed by atoms with E-state index in [0.29, 0.717) is 12.2 Å². The van der Waals surface area contributed by atoms with Gasteiger partial charge in [0, 0.05) is 58.7 Å². The summed E-state index contributed by atoms with van der Waals surface area (Å²) < 4.78 is 0. The van der Waals surface area contributed by atoms with Crippen molar-refractivity contribution in [1.82, 2.24) is 9.80 Å². The molecule has 4 nitrogen and oxygen atoms in total. The number of carbonyl (C=O) groups is 1. The zero-order valence-corrected chi connectivity index (χ0v) is 18.0. The average molecular weight is 398 g/mol. The van der Waals surface area contributed by atoms with E-state index in [9.17, 15) is 4.79 Å². The lowest BCUT2D eigenvalue weighted by molar-refractivity contribution is -0.129. The van der Waals surface area contributed by atoms with Gasteiger partial charge in [0.25, 0.3) is 0 Å². The highest BCUT2D eigenvalue weighted by atomic mass is 32.1. The first-order valence-corrected chi connectivity index (χ1v) is 10.3. The van der Waals surface area contributed by atoms with Crippen molar-refractivity contribution in [3.8, 4) is 0 Å². The molecule has 1 aliphatic heterocycles. The quantitative estimate of drug-likeness (QED) is 0.633. The Kier molecular flexibility index (Phi) is 8.95. The predicted octanol–water partition coefficient (Wildman–Crippen LogP) is 4.20. The molecule has 0 N–H and O–H groups in total. The lowest BCUT2D eigenvalue weighted by Crippen LogP contribution is -2.30. The maximum atomic E-state index is 11.8. The van der Waals surface area contributed by atoms with Crippen molar-refractivity contribution in [3.63, 3.8) is 0 Å². The van der Waals surface area contributed by atoms with Crippen molar-refractivity contribution in [1.29, 1.82) is 0 Å². The van der Waals surface area contributed by atoms with Crippen molar-refractivity contribution >= 4 is 30.3 Å². The van der Waals surface area contributed by atoms with E-state index in [4.69, 9.17) is 0 Å². The molecule has 150 valence electrons. The van der Waals surface area contributed by atoms with Crippen LogP contribution in [0.2, 0.25) is 0 Å². The third kappa shape index (κ3) is 7.31. The number of carbonyl (C=O) groups excluding carboxylic acids is 1. The zero-order valence-electron chi connectivity index (χ0n) is 17.1. The van der Waals surface area contributed by atoms with Crippen LogP contribution in [0.25, 0.3) is 6.08 Å². The Bertz CT molecular complexity index is 750. The molecule has 1 aromatic carbocycles. The second-order valence-electron chi connectivity index (χ2n) is 6.98. The van der Waals surface area contributed by atoms with Gasteiger partial charge in [-0.3, -0.25) is 4.79 Å². The Morgan fingerprint density at radius 3 is 2.57 bits per heavy atom. The number of thiol groups is 1. The largest absolute Gasteiger partial charge is 0.375 e. The number of rotatable bonds is 9. The maximum Gasteiger partial charge on any atom is 0.223 e. The van der Waals surface area contributed by atoms with Crippen molar-refractivity contribution in [2.75, 3.05) is 44.9 Å². The molecule has 5 heteroatoms. The van der Waals surface area contributed by atoms with Gasteiger partial charge < -0.3 is 14.7 Å². The fourth-order valence-electron chi connectivity index (χ4n) is 2.83. The van der Waals surface area contributed by atoms with E-state index in [1.807, 2.05) is 37.5 Å². The third-order valence-corrected chi connectivity index (χ3v) is 4.88. The minimum atomic E-state index is 0.162. The smallest absolute Gasteiger partial charge is 0.223 e. The van der Waals surface area contributed by atoms with Crippen LogP contribution in [0.1, 0.15) is 18.4 Å². The molecule has 1 aromatic rings. The molecule has 1 heterocycles.